The molecule has 1 aliphatic rings. The summed E-state index contributed by atoms with van der Waals surface area (Å²) in [5.74, 6) is 0. The number of aliphatic hydroxyl groups excluding tert-OH is 1. The van der Waals surface area contributed by atoms with Gasteiger partial charge in [-0.05, 0) is 19.4 Å². The Balaban J connectivity index is 1.95. The Hall–Kier alpha value is -0.160. The first-order valence-corrected chi connectivity index (χ1v) is 6.74. The van der Waals surface area contributed by atoms with Gasteiger partial charge in [0.15, 0.2) is 4.47 Å². The van der Waals surface area contributed by atoms with Crippen molar-refractivity contribution in [3.8, 4) is 0 Å². The van der Waals surface area contributed by atoms with Gasteiger partial charge in [-0.25, -0.2) is 4.98 Å². The van der Waals surface area contributed by atoms with Crippen LogP contribution in [0.15, 0.2) is 6.20 Å². The maximum atomic E-state index is 9.38. The molecule has 3 nitrogen and oxygen atoms in total. The second kappa shape index (κ2) is 5.00. The molecule has 0 spiro atoms. The fraction of sp³-hybridized carbons (Fsp3) is 0.727. The van der Waals surface area contributed by atoms with E-state index in [1.54, 1.807) is 0 Å². The van der Waals surface area contributed by atoms with Crippen LogP contribution < -0.4 is 0 Å². The lowest BCUT2D eigenvalue weighted by Gasteiger charge is -2.39. The summed E-state index contributed by atoms with van der Waals surface area (Å²) >= 11 is 7.35. The maximum absolute atomic E-state index is 9.38. The molecule has 5 heteroatoms. The molecule has 1 aromatic heterocycles. The van der Waals surface area contributed by atoms with Gasteiger partial charge in [0.1, 0.15) is 0 Å². The second-order valence-corrected chi connectivity index (χ2v) is 6.56. The highest BCUT2D eigenvalue weighted by molar-refractivity contribution is 7.15. The summed E-state index contributed by atoms with van der Waals surface area (Å²) in [5, 5.41) is 9.38. The van der Waals surface area contributed by atoms with Crippen LogP contribution in [-0.4, -0.2) is 34.7 Å². The highest BCUT2D eigenvalue weighted by atomic mass is 35.5. The second-order valence-electron chi connectivity index (χ2n) is 4.86. The van der Waals surface area contributed by atoms with Crippen molar-refractivity contribution in [2.45, 2.75) is 26.3 Å². The van der Waals surface area contributed by atoms with Crippen molar-refractivity contribution in [2.75, 3.05) is 19.7 Å². The van der Waals surface area contributed by atoms with Crippen LogP contribution in [0.4, 0.5) is 0 Å². The minimum absolute atomic E-state index is 0.0622. The van der Waals surface area contributed by atoms with Crippen LogP contribution in [0.3, 0.4) is 0 Å². The highest BCUT2D eigenvalue weighted by Crippen LogP contribution is 2.30. The lowest BCUT2D eigenvalue weighted by atomic mass is 9.83. The van der Waals surface area contributed by atoms with Crippen molar-refractivity contribution in [1.82, 2.24) is 9.88 Å². The normalized spacial score (nSPS) is 27.2. The van der Waals surface area contributed by atoms with E-state index in [1.807, 2.05) is 6.20 Å². The number of hydrogen-bond acceptors (Lipinski definition) is 4. The topological polar surface area (TPSA) is 36.4 Å². The Labute approximate surface area is 105 Å². The first-order chi connectivity index (χ1) is 7.61. The molecule has 1 N–H and O–H groups in total. The molecule has 0 amide bonds. The summed E-state index contributed by atoms with van der Waals surface area (Å²) in [6.07, 6.45) is 4.12. The van der Waals surface area contributed by atoms with Crippen LogP contribution in [0.1, 0.15) is 24.6 Å². The van der Waals surface area contributed by atoms with Gasteiger partial charge in [-0.2, -0.15) is 0 Å². The van der Waals surface area contributed by atoms with Gasteiger partial charge in [-0.1, -0.05) is 18.5 Å². The molecule has 0 saturated carbocycles. The standard InChI is InChI=1S/C11H17ClN2OS/c1-11(8-15)3-2-4-14(7-11)6-9-5-13-10(12)16-9/h5,15H,2-4,6-8H2,1H3. The molecule has 2 heterocycles. The Morgan fingerprint density at radius 1 is 1.69 bits per heavy atom. The molecule has 1 fully saturated rings. The summed E-state index contributed by atoms with van der Waals surface area (Å²) in [7, 11) is 0. The summed E-state index contributed by atoms with van der Waals surface area (Å²) in [4.78, 5) is 7.63. The van der Waals surface area contributed by atoms with E-state index in [1.165, 1.54) is 16.2 Å². The summed E-state index contributed by atoms with van der Waals surface area (Å²) < 4.78 is 0.608. The van der Waals surface area contributed by atoms with Gasteiger partial charge >= 0.3 is 0 Å². The molecule has 2 rings (SSSR count). The molecule has 1 atom stereocenters. The van der Waals surface area contributed by atoms with Gasteiger partial charge in [0, 0.05) is 36.2 Å². The van der Waals surface area contributed by atoms with E-state index in [0.717, 1.165) is 32.5 Å². The third-order valence-corrected chi connectivity index (χ3v) is 4.25. The van der Waals surface area contributed by atoms with Crippen molar-refractivity contribution >= 4 is 22.9 Å². The number of likely N-dealkylation sites (tertiary alicyclic amines) is 1. The first-order valence-electron chi connectivity index (χ1n) is 5.55. The third-order valence-electron chi connectivity index (χ3n) is 3.15. The number of halogens is 1. The van der Waals surface area contributed by atoms with E-state index in [9.17, 15) is 5.11 Å². The Morgan fingerprint density at radius 3 is 3.12 bits per heavy atom. The van der Waals surface area contributed by atoms with E-state index in [0.29, 0.717) is 4.47 Å². The summed E-state index contributed by atoms with van der Waals surface area (Å²) in [6.45, 7) is 5.38. The smallest absolute Gasteiger partial charge is 0.183 e. The fourth-order valence-electron chi connectivity index (χ4n) is 2.27. The summed E-state index contributed by atoms with van der Waals surface area (Å²) in [5.41, 5.74) is 0.0622. The summed E-state index contributed by atoms with van der Waals surface area (Å²) in [6, 6.07) is 0. The van der Waals surface area contributed by atoms with E-state index < -0.39 is 0 Å². The average molecular weight is 261 g/mol. The molecule has 1 saturated heterocycles. The van der Waals surface area contributed by atoms with Crippen molar-refractivity contribution in [2.24, 2.45) is 5.41 Å². The largest absolute Gasteiger partial charge is 0.396 e. The third kappa shape index (κ3) is 2.94. The lowest BCUT2D eigenvalue weighted by molar-refractivity contribution is 0.0434. The quantitative estimate of drug-likeness (QED) is 0.907. The van der Waals surface area contributed by atoms with E-state index in [2.05, 4.69) is 16.8 Å². The highest BCUT2D eigenvalue weighted by Gasteiger charge is 2.30. The molecule has 0 bridgehead atoms. The minimum Gasteiger partial charge on any atom is -0.396 e. The van der Waals surface area contributed by atoms with Crippen molar-refractivity contribution in [3.63, 3.8) is 0 Å². The number of nitrogens with zero attached hydrogens (tertiary/aromatic N) is 2. The van der Waals surface area contributed by atoms with Gasteiger partial charge < -0.3 is 5.11 Å². The predicted molar refractivity (Wildman–Crippen MR) is 66.8 cm³/mol. The van der Waals surface area contributed by atoms with Crippen molar-refractivity contribution in [3.05, 3.63) is 15.5 Å². The van der Waals surface area contributed by atoms with Crippen LogP contribution >= 0.6 is 22.9 Å². The molecular formula is C11H17ClN2OS. The maximum Gasteiger partial charge on any atom is 0.183 e. The Kier molecular flexibility index (Phi) is 3.85. The zero-order valence-electron chi connectivity index (χ0n) is 9.45. The van der Waals surface area contributed by atoms with Gasteiger partial charge in [-0.3, -0.25) is 4.90 Å². The van der Waals surface area contributed by atoms with Crippen molar-refractivity contribution in [1.29, 1.82) is 0 Å². The monoisotopic (exact) mass is 260 g/mol. The van der Waals surface area contributed by atoms with E-state index >= 15 is 0 Å². The lowest BCUT2D eigenvalue weighted by Crippen LogP contribution is -2.42. The Bertz CT molecular complexity index is 358. The molecule has 1 aliphatic heterocycles. The molecule has 0 aromatic carbocycles. The molecule has 90 valence electrons. The van der Waals surface area contributed by atoms with Gasteiger partial charge in [-0.15, -0.1) is 11.3 Å². The number of hydrogen-bond donors (Lipinski definition) is 1. The minimum atomic E-state index is 0.0622. The van der Waals surface area contributed by atoms with Gasteiger partial charge in [0.05, 0.1) is 0 Å². The average Bonchev–Trinajstić information content (AvgIpc) is 2.64. The molecule has 0 radical (unpaired) electrons. The van der Waals surface area contributed by atoms with Crippen LogP contribution in [0.5, 0.6) is 0 Å². The number of piperidine rings is 1. The van der Waals surface area contributed by atoms with E-state index in [-0.39, 0.29) is 12.0 Å². The first kappa shape index (κ1) is 12.3. The zero-order chi connectivity index (χ0) is 11.6. The van der Waals surface area contributed by atoms with Crippen molar-refractivity contribution < 1.29 is 5.11 Å². The molecule has 1 unspecified atom stereocenters. The van der Waals surface area contributed by atoms with E-state index in [4.69, 9.17) is 11.6 Å². The number of aliphatic hydroxyl groups is 1. The Morgan fingerprint density at radius 2 is 2.50 bits per heavy atom. The molecular weight excluding hydrogens is 244 g/mol. The number of aromatic nitrogens is 1. The molecule has 1 aromatic rings. The molecule has 0 aliphatic carbocycles. The number of rotatable bonds is 3. The van der Waals surface area contributed by atoms with Crippen LogP contribution in [0, 0.1) is 5.41 Å². The number of thiazole rings is 1. The van der Waals surface area contributed by atoms with Gasteiger partial charge in [0.2, 0.25) is 0 Å². The SMILES string of the molecule is CC1(CO)CCCN(Cc2cnc(Cl)s2)C1. The van der Waals surface area contributed by atoms with Crippen LogP contribution in [-0.2, 0) is 6.54 Å². The molecule has 16 heavy (non-hydrogen) atoms. The predicted octanol–water partition coefficient (Wildman–Crippen LogP) is 2.39. The van der Waals surface area contributed by atoms with Crippen LogP contribution in [0.2, 0.25) is 4.47 Å². The van der Waals surface area contributed by atoms with Crippen LogP contribution in [0.25, 0.3) is 0 Å². The zero-order valence-corrected chi connectivity index (χ0v) is 11.0. The van der Waals surface area contributed by atoms with Gasteiger partial charge in [0.25, 0.3) is 0 Å². The fourth-order valence-corrected chi connectivity index (χ4v) is 3.29.